The standard InChI is InChI=1S/C24H39N5.HI/c1-25-24(27-22-12-16-29(17-13-22)23-10-11-23)26-18-20-8-4-5-9-21(20)19-28-14-6-2-3-7-15-28;/h4-5,8-9,22-23H,2-3,6-7,10-19H2,1H3,(H2,25,26,27);1H. The molecule has 1 aromatic rings. The Labute approximate surface area is 200 Å². The molecule has 0 bridgehead atoms. The summed E-state index contributed by atoms with van der Waals surface area (Å²) in [6, 6.07) is 10.3. The molecule has 2 saturated heterocycles. The van der Waals surface area contributed by atoms with E-state index in [0.29, 0.717) is 6.04 Å². The van der Waals surface area contributed by atoms with Crippen molar-refractivity contribution in [2.24, 2.45) is 4.99 Å². The molecule has 0 aromatic heterocycles. The molecule has 3 fully saturated rings. The Bertz CT molecular complexity index is 659. The van der Waals surface area contributed by atoms with Crippen LogP contribution >= 0.6 is 24.0 Å². The zero-order valence-corrected chi connectivity index (χ0v) is 20.9. The van der Waals surface area contributed by atoms with Crippen LogP contribution in [-0.2, 0) is 13.1 Å². The molecular weight excluding hydrogens is 485 g/mol. The van der Waals surface area contributed by atoms with Crippen LogP contribution in [0, 0.1) is 0 Å². The first-order valence-electron chi connectivity index (χ1n) is 11.8. The third-order valence-corrected chi connectivity index (χ3v) is 6.81. The van der Waals surface area contributed by atoms with Crippen molar-refractivity contribution in [3.05, 3.63) is 35.4 Å². The summed E-state index contributed by atoms with van der Waals surface area (Å²) in [5.41, 5.74) is 2.85. The quantitative estimate of drug-likeness (QED) is 0.335. The highest BCUT2D eigenvalue weighted by molar-refractivity contribution is 14.0. The van der Waals surface area contributed by atoms with Gasteiger partial charge >= 0.3 is 0 Å². The summed E-state index contributed by atoms with van der Waals surface area (Å²) in [4.78, 5) is 9.80. The largest absolute Gasteiger partial charge is 0.354 e. The topological polar surface area (TPSA) is 42.9 Å². The Morgan fingerprint density at radius 2 is 1.60 bits per heavy atom. The van der Waals surface area contributed by atoms with Crippen LogP contribution < -0.4 is 10.6 Å². The van der Waals surface area contributed by atoms with Gasteiger partial charge in [0.25, 0.3) is 0 Å². The third-order valence-electron chi connectivity index (χ3n) is 6.81. The van der Waals surface area contributed by atoms with Crippen molar-refractivity contribution in [2.75, 3.05) is 33.2 Å². The van der Waals surface area contributed by atoms with Gasteiger partial charge in [0, 0.05) is 45.3 Å². The minimum atomic E-state index is 0. The molecule has 1 aromatic carbocycles. The number of likely N-dealkylation sites (tertiary alicyclic amines) is 2. The zero-order valence-electron chi connectivity index (χ0n) is 18.6. The molecule has 3 aliphatic rings. The minimum Gasteiger partial charge on any atom is -0.354 e. The van der Waals surface area contributed by atoms with Crippen LogP contribution in [0.5, 0.6) is 0 Å². The Morgan fingerprint density at radius 3 is 2.23 bits per heavy atom. The summed E-state index contributed by atoms with van der Waals surface area (Å²) >= 11 is 0. The normalized spacial score (nSPS) is 22.2. The summed E-state index contributed by atoms with van der Waals surface area (Å²) < 4.78 is 0. The smallest absolute Gasteiger partial charge is 0.191 e. The van der Waals surface area contributed by atoms with Crippen molar-refractivity contribution < 1.29 is 0 Å². The number of halogens is 1. The second kappa shape index (κ2) is 12.2. The summed E-state index contributed by atoms with van der Waals surface area (Å²) in [7, 11) is 1.89. The minimum absolute atomic E-state index is 0. The van der Waals surface area contributed by atoms with Crippen LogP contribution in [0.1, 0.15) is 62.5 Å². The Kier molecular flexibility index (Phi) is 9.71. The molecule has 1 saturated carbocycles. The fourth-order valence-corrected chi connectivity index (χ4v) is 4.83. The predicted molar refractivity (Wildman–Crippen MR) is 137 cm³/mol. The lowest BCUT2D eigenvalue weighted by molar-refractivity contribution is 0.197. The number of nitrogens with one attached hydrogen (secondary N) is 2. The highest BCUT2D eigenvalue weighted by Crippen LogP contribution is 2.29. The van der Waals surface area contributed by atoms with Gasteiger partial charge in [-0.1, -0.05) is 37.1 Å². The molecule has 4 rings (SSSR count). The number of piperidine rings is 1. The molecule has 0 atom stereocenters. The van der Waals surface area contributed by atoms with Crippen LogP contribution in [0.15, 0.2) is 29.3 Å². The van der Waals surface area contributed by atoms with Crippen molar-refractivity contribution in [1.82, 2.24) is 20.4 Å². The van der Waals surface area contributed by atoms with Crippen molar-refractivity contribution in [3.8, 4) is 0 Å². The number of benzene rings is 1. The zero-order chi connectivity index (χ0) is 19.9. The van der Waals surface area contributed by atoms with E-state index in [9.17, 15) is 0 Å². The van der Waals surface area contributed by atoms with E-state index < -0.39 is 0 Å². The number of rotatable bonds is 6. The maximum Gasteiger partial charge on any atom is 0.191 e. The van der Waals surface area contributed by atoms with E-state index in [2.05, 4.69) is 49.7 Å². The Morgan fingerprint density at radius 1 is 0.933 bits per heavy atom. The number of hydrogen-bond acceptors (Lipinski definition) is 3. The van der Waals surface area contributed by atoms with E-state index in [4.69, 9.17) is 0 Å². The maximum atomic E-state index is 4.49. The first-order valence-corrected chi connectivity index (χ1v) is 11.8. The molecule has 0 unspecified atom stereocenters. The van der Waals surface area contributed by atoms with Gasteiger partial charge in [0.2, 0.25) is 0 Å². The molecule has 30 heavy (non-hydrogen) atoms. The van der Waals surface area contributed by atoms with Gasteiger partial charge in [-0.2, -0.15) is 0 Å². The monoisotopic (exact) mass is 525 g/mol. The molecule has 2 aliphatic heterocycles. The lowest BCUT2D eigenvalue weighted by Gasteiger charge is -2.33. The van der Waals surface area contributed by atoms with E-state index in [-0.39, 0.29) is 24.0 Å². The van der Waals surface area contributed by atoms with Gasteiger partial charge in [-0.15, -0.1) is 24.0 Å². The summed E-state index contributed by atoms with van der Waals surface area (Å²) in [5, 5.41) is 7.24. The molecule has 1 aliphatic carbocycles. The third kappa shape index (κ3) is 7.09. The van der Waals surface area contributed by atoms with Crippen LogP contribution in [-0.4, -0.2) is 61.1 Å². The molecule has 2 heterocycles. The molecule has 5 nitrogen and oxygen atoms in total. The summed E-state index contributed by atoms with van der Waals surface area (Å²) in [6.07, 6.45) is 10.7. The van der Waals surface area contributed by atoms with E-state index in [1.54, 1.807) is 0 Å². The van der Waals surface area contributed by atoms with Crippen LogP contribution in [0.4, 0.5) is 0 Å². The molecule has 0 radical (unpaired) electrons. The van der Waals surface area contributed by atoms with Gasteiger partial charge in [-0.05, 0) is 62.7 Å². The maximum absolute atomic E-state index is 4.49. The van der Waals surface area contributed by atoms with E-state index in [0.717, 1.165) is 25.1 Å². The SMILES string of the molecule is CN=C(NCc1ccccc1CN1CCCCCC1)NC1CCN(C2CC2)CC1.I. The number of guanidine groups is 1. The molecular formula is C24H40IN5. The molecule has 168 valence electrons. The highest BCUT2D eigenvalue weighted by atomic mass is 127. The highest BCUT2D eigenvalue weighted by Gasteiger charge is 2.31. The second-order valence-corrected chi connectivity index (χ2v) is 9.07. The van der Waals surface area contributed by atoms with Gasteiger partial charge in [0.15, 0.2) is 5.96 Å². The molecule has 0 amide bonds. The summed E-state index contributed by atoms with van der Waals surface area (Å²) in [6.45, 7) is 6.86. The predicted octanol–water partition coefficient (Wildman–Crippen LogP) is 3.97. The first kappa shape index (κ1) is 23.8. The Hall–Kier alpha value is -0.860. The fraction of sp³-hybridized carbons (Fsp3) is 0.708. The fourth-order valence-electron chi connectivity index (χ4n) is 4.83. The molecule has 0 spiro atoms. The van der Waals surface area contributed by atoms with Crippen molar-refractivity contribution >= 4 is 29.9 Å². The lowest BCUT2D eigenvalue weighted by Crippen LogP contribution is -2.48. The van der Waals surface area contributed by atoms with Gasteiger partial charge in [0.05, 0.1) is 0 Å². The molecule has 2 N–H and O–H groups in total. The van der Waals surface area contributed by atoms with Gasteiger partial charge in [0.1, 0.15) is 0 Å². The lowest BCUT2D eigenvalue weighted by atomic mass is 10.0. The number of hydrogen-bond donors (Lipinski definition) is 2. The van der Waals surface area contributed by atoms with Crippen LogP contribution in [0.25, 0.3) is 0 Å². The van der Waals surface area contributed by atoms with Crippen molar-refractivity contribution in [3.63, 3.8) is 0 Å². The van der Waals surface area contributed by atoms with Gasteiger partial charge in [-0.3, -0.25) is 9.89 Å². The van der Waals surface area contributed by atoms with Crippen LogP contribution in [0.2, 0.25) is 0 Å². The van der Waals surface area contributed by atoms with Gasteiger partial charge in [-0.25, -0.2) is 0 Å². The average molecular weight is 526 g/mol. The average Bonchev–Trinajstić information content (AvgIpc) is 3.61. The molecule has 6 heteroatoms. The Balaban J connectivity index is 0.00000256. The number of aliphatic imine (C=N–C) groups is 1. The number of nitrogens with zero attached hydrogens (tertiary/aromatic N) is 3. The van der Waals surface area contributed by atoms with E-state index in [1.165, 1.54) is 88.7 Å². The van der Waals surface area contributed by atoms with E-state index >= 15 is 0 Å². The van der Waals surface area contributed by atoms with Crippen molar-refractivity contribution in [2.45, 2.75) is 76.5 Å². The van der Waals surface area contributed by atoms with Crippen molar-refractivity contribution in [1.29, 1.82) is 0 Å². The summed E-state index contributed by atoms with van der Waals surface area (Å²) in [5.74, 6) is 0.944. The first-order chi connectivity index (χ1) is 14.3. The second-order valence-electron chi connectivity index (χ2n) is 9.07. The van der Waals surface area contributed by atoms with Gasteiger partial charge < -0.3 is 15.5 Å². The van der Waals surface area contributed by atoms with E-state index in [1.807, 2.05) is 7.05 Å². The van der Waals surface area contributed by atoms with Crippen LogP contribution in [0.3, 0.4) is 0 Å².